The normalized spacial score (nSPS) is 22.4. The van der Waals surface area contributed by atoms with Crippen molar-refractivity contribution in [2.75, 3.05) is 19.6 Å². The molecular weight excluding hydrogens is 190 g/mol. The molecule has 0 saturated carbocycles. The van der Waals surface area contributed by atoms with E-state index in [1.165, 1.54) is 0 Å². The quantitative estimate of drug-likeness (QED) is 0.732. The molecule has 0 aromatic rings. The van der Waals surface area contributed by atoms with Crippen LogP contribution < -0.4 is 11.1 Å². The molecule has 15 heavy (non-hydrogen) atoms. The van der Waals surface area contributed by atoms with E-state index in [2.05, 4.69) is 33.0 Å². The molecule has 1 aliphatic heterocycles. The van der Waals surface area contributed by atoms with Gasteiger partial charge in [0.1, 0.15) is 0 Å². The molecule has 4 nitrogen and oxygen atoms in total. The first-order valence-corrected chi connectivity index (χ1v) is 5.61. The number of carbonyl (C=O) groups excluding carboxylic acids is 1. The second-order valence-electron chi connectivity index (χ2n) is 5.55. The smallest absolute Gasteiger partial charge is 0.317 e. The van der Waals surface area contributed by atoms with Gasteiger partial charge in [-0.05, 0) is 17.9 Å². The fourth-order valence-corrected chi connectivity index (χ4v) is 1.71. The van der Waals surface area contributed by atoms with E-state index in [0.29, 0.717) is 12.5 Å². The van der Waals surface area contributed by atoms with E-state index in [1.807, 2.05) is 4.90 Å². The Kier molecular flexibility index (Phi) is 3.60. The third-order valence-corrected chi connectivity index (χ3v) is 2.99. The molecule has 0 radical (unpaired) electrons. The van der Waals surface area contributed by atoms with Crippen molar-refractivity contribution < 1.29 is 4.79 Å². The first-order chi connectivity index (χ1) is 6.85. The van der Waals surface area contributed by atoms with E-state index in [-0.39, 0.29) is 17.5 Å². The number of amides is 2. The minimum Gasteiger partial charge on any atom is -0.333 e. The van der Waals surface area contributed by atoms with Crippen LogP contribution in [0.4, 0.5) is 4.79 Å². The zero-order valence-electron chi connectivity index (χ0n) is 10.2. The van der Waals surface area contributed by atoms with E-state index in [1.54, 1.807) is 0 Å². The third-order valence-electron chi connectivity index (χ3n) is 2.99. The lowest BCUT2D eigenvalue weighted by atomic mass is 9.93. The molecule has 1 unspecified atom stereocenters. The molecule has 3 N–H and O–H groups in total. The van der Waals surface area contributed by atoms with Gasteiger partial charge in [0.2, 0.25) is 0 Å². The van der Waals surface area contributed by atoms with E-state index in [0.717, 1.165) is 13.1 Å². The van der Waals surface area contributed by atoms with Crippen LogP contribution in [0.1, 0.15) is 27.7 Å². The van der Waals surface area contributed by atoms with Crippen LogP contribution in [0.3, 0.4) is 0 Å². The van der Waals surface area contributed by atoms with Crippen molar-refractivity contribution in [2.45, 2.75) is 33.7 Å². The summed E-state index contributed by atoms with van der Waals surface area (Å²) >= 11 is 0. The number of hydrogen-bond donors (Lipinski definition) is 2. The Morgan fingerprint density at radius 3 is 2.60 bits per heavy atom. The van der Waals surface area contributed by atoms with Crippen LogP contribution in [-0.4, -0.2) is 36.6 Å². The highest BCUT2D eigenvalue weighted by atomic mass is 16.2. The van der Waals surface area contributed by atoms with Crippen molar-refractivity contribution in [3.63, 3.8) is 0 Å². The first-order valence-electron chi connectivity index (χ1n) is 5.61. The van der Waals surface area contributed by atoms with Crippen molar-refractivity contribution >= 4 is 6.03 Å². The van der Waals surface area contributed by atoms with Gasteiger partial charge in [-0.15, -0.1) is 0 Å². The number of urea groups is 1. The summed E-state index contributed by atoms with van der Waals surface area (Å²) in [6, 6.07) is 0.335. The van der Waals surface area contributed by atoms with Gasteiger partial charge in [-0.3, -0.25) is 0 Å². The number of carbonyl (C=O) groups is 1. The van der Waals surface area contributed by atoms with Gasteiger partial charge in [-0.2, -0.15) is 0 Å². The molecular formula is C11H23N3O. The van der Waals surface area contributed by atoms with Gasteiger partial charge in [-0.25, -0.2) is 4.79 Å². The van der Waals surface area contributed by atoms with Gasteiger partial charge in [0.15, 0.2) is 0 Å². The summed E-state index contributed by atoms with van der Waals surface area (Å²) in [5, 5.41) is 3.00. The average molecular weight is 213 g/mol. The summed E-state index contributed by atoms with van der Waals surface area (Å²) in [5.41, 5.74) is 5.67. The maximum absolute atomic E-state index is 11.7. The van der Waals surface area contributed by atoms with Crippen LogP contribution in [0.2, 0.25) is 0 Å². The van der Waals surface area contributed by atoms with Crippen molar-refractivity contribution in [3.8, 4) is 0 Å². The SMILES string of the molecule is CC(C)C1CN(CC(C)(C)CN)C(=O)N1. The lowest BCUT2D eigenvalue weighted by Gasteiger charge is -2.28. The number of nitrogens with one attached hydrogen (secondary N) is 1. The lowest BCUT2D eigenvalue weighted by Crippen LogP contribution is -2.40. The molecule has 0 bridgehead atoms. The molecule has 1 saturated heterocycles. The van der Waals surface area contributed by atoms with Gasteiger partial charge in [0.05, 0.1) is 6.04 Å². The second-order valence-corrected chi connectivity index (χ2v) is 5.55. The summed E-state index contributed by atoms with van der Waals surface area (Å²) in [6.45, 7) is 10.6. The van der Waals surface area contributed by atoms with E-state index in [9.17, 15) is 4.79 Å². The lowest BCUT2D eigenvalue weighted by molar-refractivity contribution is 0.190. The molecule has 1 heterocycles. The number of rotatable bonds is 4. The fourth-order valence-electron chi connectivity index (χ4n) is 1.71. The maximum Gasteiger partial charge on any atom is 0.317 e. The van der Waals surface area contributed by atoms with Crippen molar-refractivity contribution in [3.05, 3.63) is 0 Å². The molecule has 0 aromatic carbocycles. The zero-order valence-corrected chi connectivity index (χ0v) is 10.2. The summed E-state index contributed by atoms with van der Waals surface area (Å²) in [7, 11) is 0. The molecule has 88 valence electrons. The predicted molar refractivity (Wildman–Crippen MR) is 61.6 cm³/mol. The Hall–Kier alpha value is -0.770. The van der Waals surface area contributed by atoms with Gasteiger partial charge < -0.3 is 16.0 Å². The minimum absolute atomic E-state index is 0.00318. The summed E-state index contributed by atoms with van der Waals surface area (Å²) in [4.78, 5) is 13.5. The molecule has 2 amide bonds. The number of nitrogens with two attached hydrogens (primary N) is 1. The molecule has 0 aromatic heterocycles. The highest BCUT2D eigenvalue weighted by molar-refractivity contribution is 5.77. The Morgan fingerprint density at radius 2 is 2.20 bits per heavy atom. The fraction of sp³-hybridized carbons (Fsp3) is 0.909. The number of nitrogens with zero attached hydrogens (tertiary/aromatic N) is 1. The average Bonchev–Trinajstić information content (AvgIpc) is 2.47. The standard InChI is InChI=1S/C11H23N3O/c1-8(2)9-5-14(10(15)13-9)7-11(3,4)6-12/h8-9H,5-7,12H2,1-4H3,(H,13,15). The summed E-state index contributed by atoms with van der Waals surface area (Å²) in [5.74, 6) is 0.486. The topological polar surface area (TPSA) is 58.4 Å². The van der Waals surface area contributed by atoms with Crippen LogP contribution in [0, 0.1) is 11.3 Å². The monoisotopic (exact) mass is 213 g/mol. The van der Waals surface area contributed by atoms with Gasteiger partial charge in [-0.1, -0.05) is 27.7 Å². The maximum atomic E-state index is 11.7. The van der Waals surface area contributed by atoms with E-state index < -0.39 is 0 Å². The van der Waals surface area contributed by atoms with Crippen molar-refractivity contribution in [1.29, 1.82) is 0 Å². The highest BCUT2D eigenvalue weighted by Crippen LogP contribution is 2.19. The molecule has 1 fully saturated rings. The third kappa shape index (κ3) is 3.09. The molecule has 0 aliphatic carbocycles. The first kappa shape index (κ1) is 12.3. The van der Waals surface area contributed by atoms with Crippen LogP contribution >= 0.6 is 0 Å². The summed E-state index contributed by atoms with van der Waals surface area (Å²) in [6.07, 6.45) is 0. The van der Waals surface area contributed by atoms with Crippen LogP contribution in [-0.2, 0) is 0 Å². The van der Waals surface area contributed by atoms with Crippen molar-refractivity contribution in [2.24, 2.45) is 17.1 Å². The Labute approximate surface area is 92.2 Å². The molecule has 1 rings (SSSR count). The molecule has 1 atom stereocenters. The minimum atomic E-state index is 0.00318. The molecule has 1 aliphatic rings. The van der Waals surface area contributed by atoms with Crippen LogP contribution in [0.25, 0.3) is 0 Å². The Bertz CT molecular complexity index is 238. The number of hydrogen-bond acceptors (Lipinski definition) is 2. The summed E-state index contributed by atoms with van der Waals surface area (Å²) < 4.78 is 0. The largest absolute Gasteiger partial charge is 0.333 e. The Balaban J connectivity index is 2.55. The second kappa shape index (κ2) is 4.39. The van der Waals surface area contributed by atoms with Gasteiger partial charge in [0, 0.05) is 13.1 Å². The van der Waals surface area contributed by atoms with Crippen LogP contribution in [0.15, 0.2) is 0 Å². The predicted octanol–water partition coefficient (Wildman–Crippen LogP) is 1.02. The van der Waals surface area contributed by atoms with E-state index >= 15 is 0 Å². The highest BCUT2D eigenvalue weighted by Gasteiger charge is 2.33. The van der Waals surface area contributed by atoms with Crippen molar-refractivity contribution in [1.82, 2.24) is 10.2 Å². The van der Waals surface area contributed by atoms with Gasteiger partial charge in [0.25, 0.3) is 0 Å². The van der Waals surface area contributed by atoms with Gasteiger partial charge >= 0.3 is 6.03 Å². The van der Waals surface area contributed by atoms with E-state index in [4.69, 9.17) is 5.73 Å². The molecule has 4 heteroatoms. The van der Waals surface area contributed by atoms with Crippen LogP contribution in [0.5, 0.6) is 0 Å². The Morgan fingerprint density at radius 1 is 1.60 bits per heavy atom. The molecule has 0 spiro atoms. The zero-order chi connectivity index (χ0) is 11.6.